The first-order valence-corrected chi connectivity index (χ1v) is 4.52. The summed E-state index contributed by atoms with van der Waals surface area (Å²) in [6.07, 6.45) is 1.44. The van der Waals surface area contributed by atoms with E-state index in [-0.39, 0.29) is 5.56 Å². The lowest BCUT2D eigenvalue weighted by molar-refractivity contribution is 1.16. The van der Waals surface area contributed by atoms with Crippen molar-refractivity contribution in [3.8, 4) is 6.07 Å². The smallest absolute Gasteiger partial charge is 0.249 e. The number of nitrogens with zero attached hydrogens (tertiary/aromatic N) is 1. The van der Waals surface area contributed by atoms with E-state index < -0.39 is 0 Å². The molecule has 0 aliphatic heterocycles. The molecule has 0 aromatic carbocycles. The zero-order valence-corrected chi connectivity index (χ0v) is 7.44. The molecule has 0 bridgehead atoms. The van der Waals surface area contributed by atoms with Crippen LogP contribution in [0.5, 0.6) is 0 Å². The molecule has 3 nitrogen and oxygen atoms in total. The summed E-state index contributed by atoms with van der Waals surface area (Å²) < 4.78 is 0. The Morgan fingerprint density at radius 1 is 1.75 bits per heavy atom. The Labute approximate surface area is 74.4 Å². The fraction of sp³-hybridized carbons (Fsp3) is 0.250. The molecule has 0 spiro atoms. The molecule has 1 heterocycles. The van der Waals surface area contributed by atoms with Crippen LogP contribution in [0.25, 0.3) is 0 Å². The number of aromatic amines is 1. The van der Waals surface area contributed by atoms with E-state index in [0.717, 1.165) is 10.6 Å². The molecule has 0 amide bonds. The number of thioether (sulfide) groups is 1. The number of hydrogen-bond acceptors (Lipinski definition) is 3. The van der Waals surface area contributed by atoms with Crippen molar-refractivity contribution in [3.05, 3.63) is 28.2 Å². The number of aromatic nitrogens is 1. The SMILES string of the molecule is CCSc1cc(=O)[nH]cc1C#N. The third kappa shape index (κ3) is 1.89. The fourth-order valence-electron chi connectivity index (χ4n) is 0.815. The third-order valence-electron chi connectivity index (χ3n) is 1.31. The van der Waals surface area contributed by atoms with Crippen LogP contribution >= 0.6 is 11.8 Å². The Morgan fingerprint density at radius 3 is 3.08 bits per heavy atom. The highest BCUT2D eigenvalue weighted by atomic mass is 32.2. The van der Waals surface area contributed by atoms with Gasteiger partial charge in [-0.2, -0.15) is 5.26 Å². The molecule has 4 heteroatoms. The van der Waals surface area contributed by atoms with Crippen molar-refractivity contribution in [2.24, 2.45) is 0 Å². The van der Waals surface area contributed by atoms with E-state index in [1.807, 2.05) is 13.0 Å². The molecule has 62 valence electrons. The van der Waals surface area contributed by atoms with Crippen molar-refractivity contribution in [2.75, 3.05) is 5.75 Å². The monoisotopic (exact) mass is 180 g/mol. The largest absolute Gasteiger partial charge is 0.328 e. The molecule has 0 fully saturated rings. The molecular weight excluding hydrogens is 172 g/mol. The Balaban J connectivity index is 3.14. The maximum absolute atomic E-state index is 10.9. The van der Waals surface area contributed by atoms with Gasteiger partial charge in [-0.15, -0.1) is 11.8 Å². The van der Waals surface area contributed by atoms with Gasteiger partial charge in [0.2, 0.25) is 5.56 Å². The van der Waals surface area contributed by atoms with E-state index in [1.165, 1.54) is 24.0 Å². The minimum atomic E-state index is -0.162. The summed E-state index contributed by atoms with van der Waals surface area (Å²) in [6, 6.07) is 3.47. The van der Waals surface area contributed by atoms with Crippen LogP contribution in [-0.2, 0) is 0 Å². The number of nitrogens with one attached hydrogen (secondary N) is 1. The van der Waals surface area contributed by atoms with Gasteiger partial charge in [-0.05, 0) is 5.75 Å². The second-order valence-corrected chi connectivity index (χ2v) is 3.43. The predicted octanol–water partition coefficient (Wildman–Crippen LogP) is 1.36. The average molecular weight is 180 g/mol. The lowest BCUT2D eigenvalue weighted by Gasteiger charge is -1.98. The molecular formula is C8H8N2OS. The van der Waals surface area contributed by atoms with E-state index in [4.69, 9.17) is 5.26 Å². The summed E-state index contributed by atoms with van der Waals surface area (Å²) in [4.78, 5) is 14.1. The Bertz CT molecular complexity index is 364. The molecule has 1 rings (SSSR count). The van der Waals surface area contributed by atoms with Crippen molar-refractivity contribution in [2.45, 2.75) is 11.8 Å². The standard InChI is InChI=1S/C8H8N2OS/c1-2-12-7-3-8(11)10-5-6(7)4-9/h3,5H,2H2,1H3,(H,10,11). The minimum Gasteiger partial charge on any atom is -0.328 e. The van der Waals surface area contributed by atoms with Gasteiger partial charge in [-0.25, -0.2) is 0 Å². The summed E-state index contributed by atoms with van der Waals surface area (Å²) in [5.41, 5.74) is 0.367. The summed E-state index contributed by atoms with van der Waals surface area (Å²) >= 11 is 1.50. The molecule has 0 unspecified atom stereocenters. The minimum absolute atomic E-state index is 0.162. The number of rotatable bonds is 2. The molecule has 0 aliphatic rings. The average Bonchev–Trinajstić information content (AvgIpc) is 2.05. The summed E-state index contributed by atoms with van der Waals surface area (Å²) in [5, 5.41) is 8.65. The van der Waals surface area contributed by atoms with Crippen LogP contribution in [0.3, 0.4) is 0 Å². The summed E-state index contributed by atoms with van der Waals surface area (Å²) in [5.74, 6) is 0.859. The van der Waals surface area contributed by atoms with Gasteiger partial charge in [0.15, 0.2) is 0 Å². The van der Waals surface area contributed by atoms with Crippen molar-refractivity contribution in [1.29, 1.82) is 5.26 Å². The highest BCUT2D eigenvalue weighted by molar-refractivity contribution is 7.99. The quantitative estimate of drug-likeness (QED) is 0.699. The van der Waals surface area contributed by atoms with Crippen LogP contribution in [0.4, 0.5) is 0 Å². The van der Waals surface area contributed by atoms with Crippen LogP contribution in [0, 0.1) is 11.3 Å². The van der Waals surface area contributed by atoms with E-state index in [0.29, 0.717) is 5.56 Å². The van der Waals surface area contributed by atoms with Crippen molar-refractivity contribution in [1.82, 2.24) is 4.98 Å². The Morgan fingerprint density at radius 2 is 2.50 bits per heavy atom. The molecule has 1 N–H and O–H groups in total. The van der Waals surface area contributed by atoms with Gasteiger partial charge in [0, 0.05) is 17.2 Å². The second kappa shape index (κ2) is 3.98. The number of pyridine rings is 1. The first-order chi connectivity index (χ1) is 5.77. The van der Waals surface area contributed by atoms with Gasteiger partial charge in [0.05, 0.1) is 5.56 Å². The maximum atomic E-state index is 10.9. The molecule has 0 saturated carbocycles. The van der Waals surface area contributed by atoms with E-state index >= 15 is 0 Å². The number of hydrogen-bond donors (Lipinski definition) is 1. The maximum Gasteiger partial charge on any atom is 0.249 e. The van der Waals surface area contributed by atoms with Gasteiger partial charge in [0.1, 0.15) is 6.07 Å². The highest BCUT2D eigenvalue weighted by Crippen LogP contribution is 2.18. The second-order valence-electron chi connectivity index (χ2n) is 2.12. The van der Waals surface area contributed by atoms with Gasteiger partial charge in [-0.3, -0.25) is 4.79 Å². The van der Waals surface area contributed by atoms with Gasteiger partial charge in [-0.1, -0.05) is 6.92 Å². The van der Waals surface area contributed by atoms with Crippen LogP contribution in [0.2, 0.25) is 0 Å². The third-order valence-corrected chi connectivity index (χ3v) is 2.24. The lowest BCUT2D eigenvalue weighted by Crippen LogP contribution is -2.04. The molecule has 0 atom stereocenters. The van der Waals surface area contributed by atoms with Crippen molar-refractivity contribution < 1.29 is 0 Å². The molecule has 0 aliphatic carbocycles. The highest BCUT2D eigenvalue weighted by Gasteiger charge is 2.01. The fourth-order valence-corrected chi connectivity index (χ4v) is 1.58. The van der Waals surface area contributed by atoms with Crippen molar-refractivity contribution >= 4 is 11.8 Å². The van der Waals surface area contributed by atoms with Crippen LogP contribution in [0.15, 0.2) is 22.0 Å². The van der Waals surface area contributed by atoms with Gasteiger partial charge in [0.25, 0.3) is 0 Å². The van der Waals surface area contributed by atoms with Crippen LogP contribution in [0.1, 0.15) is 12.5 Å². The van der Waals surface area contributed by atoms with Crippen LogP contribution < -0.4 is 5.56 Å². The van der Waals surface area contributed by atoms with E-state index in [9.17, 15) is 4.79 Å². The summed E-state index contributed by atoms with van der Waals surface area (Å²) in [7, 11) is 0. The lowest BCUT2D eigenvalue weighted by atomic mass is 10.3. The van der Waals surface area contributed by atoms with Gasteiger partial charge < -0.3 is 4.98 Å². The topological polar surface area (TPSA) is 56.6 Å². The normalized spacial score (nSPS) is 9.33. The molecule has 0 saturated heterocycles. The zero-order valence-electron chi connectivity index (χ0n) is 6.63. The van der Waals surface area contributed by atoms with Gasteiger partial charge >= 0.3 is 0 Å². The van der Waals surface area contributed by atoms with E-state index in [1.54, 1.807) is 0 Å². The first kappa shape index (κ1) is 8.88. The summed E-state index contributed by atoms with van der Waals surface area (Å²) in [6.45, 7) is 1.98. The number of H-pyrrole nitrogens is 1. The molecule has 0 radical (unpaired) electrons. The molecule has 1 aromatic heterocycles. The molecule has 12 heavy (non-hydrogen) atoms. The predicted molar refractivity (Wildman–Crippen MR) is 48.2 cm³/mol. The van der Waals surface area contributed by atoms with Crippen LogP contribution in [-0.4, -0.2) is 10.7 Å². The zero-order chi connectivity index (χ0) is 8.97. The number of nitriles is 1. The Kier molecular flexibility index (Phi) is 2.94. The Hall–Kier alpha value is -1.21. The van der Waals surface area contributed by atoms with E-state index in [2.05, 4.69) is 4.98 Å². The first-order valence-electron chi connectivity index (χ1n) is 3.53. The van der Waals surface area contributed by atoms with Crippen molar-refractivity contribution in [3.63, 3.8) is 0 Å². The molecule has 1 aromatic rings.